The largest absolute Gasteiger partial charge is 0.374 e. The third-order valence-corrected chi connectivity index (χ3v) is 6.21. The third-order valence-electron chi connectivity index (χ3n) is 3.21. The summed E-state index contributed by atoms with van der Waals surface area (Å²) in [5, 5.41) is 0.760. The number of rotatable bonds is 3. The number of hydrogen-bond acceptors (Lipinski definition) is 4. The van der Waals surface area contributed by atoms with Crippen LogP contribution in [0, 0.1) is 0 Å². The lowest BCUT2D eigenvalue weighted by molar-refractivity contribution is -0.0562. The molecular weight excluding hydrogens is 238 g/mol. The zero-order valence-electron chi connectivity index (χ0n) is 10.3. The highest BCUT2D eigenvalue weighted by molar-refractivity contribution is 8.00. The summed E-state index contributed by atoms with van der Waals surface area (Å²) < 4.78 is 6.02. The molecule has 0 aromatic heterocycles. The van der Waals surface area contributed by atoms with Crippen molar-refractivity contribution >= 4 is 23.5 Å². The van der Waals surface area contributed by atoms with E-state index in [9.17, 15) is 0 Å². The molecule has 16 heavy (non-hydrogen) atoms. The summed E-state index contributed by atoms with van der Waals surface area (Å²) >= 11 is 4.10. The van der Waals surface area contributed by atoms with Gasteiger partial charge in [-0.15, -0.1) is 0 Å². The molecule has 2 aliphatic rings. The fraction of sp³-hybridized carbons (Fsp3) is 1.00. The second-order valence-electron chi connectivity index (χ2n) is 5.75. The van der Waals surface area contributed by atoms with Gasteiger partial charge in [-0.1, -0.05) is 0 Å². The lowest BCUT2D eigenvalue weighted by Gasteiger charge is -2.38. The van der Waals surface area contributed by atoms with Gasteiger partial charge in [-0.3, -0.25) is 0 Å². The van der Waals surface area contributed by atoms with Gasteiger partial charge in [0, 0.05) is 28.9 Å². The zero-order valence-corrected chi connectivity index (χ0v) is 12.0. The van der Waals surface area contributed by atoms with E-state index in [1.807, 2.05) is 11.8 Å². The van der Waals surface area contributed by atoms with E-state index in [4.69, 9.17) is 10.5 Å². The molecule has 0 saturated carbocycles. The summed E-state index contributed by atoms with van der Waals surface area (Å²) in [6.07, 6.45) is 3.69. The molecule has 0 bridgehead atoms. The summed E-state index contributed by atoms with van der Waals surface area (Å²) in [6.45, 7) is 5.17. The lowest BCUT2D eigenvalue weighted by atomic mass is 9.93. The van der Waals surface area contributed by atoms with Gasteiger partial charge in [-0.25, -0.2) is 0 Å². The van der Waals surface area contributed by atoms with Crippen LogP contribution in [0.15, 0.2) is 0 Å². The summed E-state index contributed by atoms with van der Waals surface area (Å²) in [5.74, 6) is 3.54. The highest BCUT2D eigenvalue weighted by Gasteiger charge is 2.40. The highest BCUT2D eigenvalue weighted by atomic mass is 32.2. The molecule has 94 valence electrons. The molecule has 0 aromatic rings. The van der Waals surface area contributed by atoms with E-state index in [0.717, 1.165) is 17.6 Å². The minimum Gasteiger partial charge on any atom is -0.374 e. The van der Waals surface area contributed by atoms with Crippen molar-refractivity contribution in [3.05, 3.63) is 0 Å². The molecule has 2 fully saturated rings. The predicted octanol–water partition coefficient (Wildman–Crippen LogP) is 2.51. The second-order valence-corrected chi connectivity index (χ2v) is 8.14. The molecule has 4 heteroatoms. The molecule has 1 spiro atoms. The van der Waals surface area contributed by atoms with Crippen LogP contribution in [0.1, 0.15) is 33.1 Å². The van der Waals surface area contributed by atoms with Crippen molar-refractivity contribution < 1.29 is 4.74 Å². The van der Waals surface area contributed by atoms with E-state index in [-0.39, 0.29) is 11.1 Å². The van der Waals surface area contributed by atoms with Crippen molar-refractivity contribution in [3.63, 3.8) is 0 Å². The molecule has 2 rings (SSSR count). The molecule has 0 amide bonds. The molecule has 2 nitrogen and oxygen atoms in total. The van der Waals surface area contributed by atoms with Gasteiger partial charge in [0.25, 0.3) is 0 Å². The maximum absolute atomic E-state index is 6.04. The Kier molecular flexibility index (Phi) is 4.15. The first-order chi connectivity index (χ1) is 7.49. The van der Waals surface area contributed by atoms with Gasteiger partial charge in [0.15, 0.2) is 0 Å². The highest BCUT2D eigenvalue weighted by Crippen LogP contribution is 2.41. The first-order valence-corrected chi connectivity index (χ1v) is 8.32. The maximum Gasteiger partial charge on any atom is 0.0790 e. The first kappa shape index (κ1) is 13.1. The van der Waals surface area contributed by atoms with E-state index in [1.54, 1.807) is 0 Å². The Bertz CT molecular complexity index is 234. The molecule has 0 aliphatic carbocycles. The van der Waals surface area contributed by atoms with Crippen molar-refractivity contribution in [3.8, 4) is 0 Å². The predicted molar refractivity (Wildman–Crippen MR) is 74.4 cm³/mol. The van der Waals surface area contributed by atoms with Crippen LogP contribution < -0.4 is 5.73 Å². The standard InChI is InChI=1S/C12H23NOS2/c1-11(2,13)8-16-10-3-5-14-12(7-10)4-6-15-9-12/h10H,3-9,13H2,1-2H3. The van der Waals surface area contributed by atoms with Crippen LogP contribution in [0.2, 0.25) is 0 Å². The fourth-order valence-electron chi connectivity index (χ4n) is 2.32. The van der Waals surface area contributed by atoms with Crippen LogP contribution in [-0.2, 0) is 4.74 Å². The lowest BCUT2D eigenvalue weighted by Crippen LogP contribution is -2.42. The van der Waals surface area contributed by atoms with E-state index in [2.05, 4.69) is 25.6 Å². The smallest absolute Gasteiger partial charge is 0.0790 e. The minimum atomic E-state index is -0.0411. The first-order valence-electron chi connectivity index (χ1n) is 6.11. The van der Waals surface area contributed by atoms with Gasteiger partial charge in [0.1, 0.15) is 0 Å². The Morgan fingerprint density at radius 1 is 1.56 bits per heavy atom. The van der Waals surface area contributed by atoms with Crippen LogP contribution in [0.25, 0.3) is 0 Å². The molecule has 2 heterocycles. The van der Waals surface area contributed by atoms with E-state index in [1.165, 1.54) is 30.8 Å². The van der Waals surface area contributed by atoms with Crippen molar-refractivity contribution in [2.75, 3.05) is 23.9 Å². The Morgan fingerprint density at radius 3 is 3.00 bits per heavy atom. The molecule has 2 N–H and O–H groups in total. The topological polar surface area (TPSA) is 35.2 Å². The monoisotopic (exact) mass is 261 g/mol. The summed E-state index contributed by atoms with van der Waals surface area (Å²) in [5.41, 5.74) is 6.22. The fourth-order valence-corrected chi connectivity index (χ4v) is 5.05. The minimum absolute atomic E-state index is 0.0411. The quantitative estimate of drug-likeness (QED) is 0.847. The maximum atomic E-state index is 6.04. The third kappa shape index (κ3) is 3.56. The van der Waals surface area contributed by atoms with E-state index in [0.29, 0.717) is 0 Å². The summed E-state index contributed by atoms with van der Waals surface area (Å²) in [4.78, 5) is 0. The van der Waals surface area contributed by atoms with Gasteiger partial charge in [0.2, 0.25) is 0 Å². The van der Waals surface area contributed by atoms with Crippen molar-refractivity contribution in [2.45, 2.75) is 49.5 Å². The van der Waals surface area contributed by atoms with Crippen LogP contribution >= 0.6 is 23.5 Å². The Labute approximate surface area is 107 Å². The molecule has 0 aromatic carbocycles. The molecule has 2 unspecified atom stereocenters. The molecule has 2 saturated heterocycles. The Hall–Kier alpha value is 0.620. The zero-order chi connectivity index (χ0) is 11.6. The number of nitrogens with two attached hydrogens (primary N) is 1. The van der Waals surface area contributed by atoms with E-state index >= 15 is 0 Å². The summed E-state index contributed by atoms with van der Waals surface area (Å²) in [6, 6.07) is 0. The van der Waals surface area contributed by atoms with Gasteiger partial charge < -0.3 is 10.5 Å². The molecule has 2 aliphatic heterocycles. The van der Waals surface area contributed by atoms with Crippen molar-refractivity contribution in [1.82, 2.24) is 0 Å². The average molecular weight is 261 g/mol. The van der Waals surface area contributed by atoms with Crippen molar-refractivity contribution in [1.29, 1.82) is 0 Å². The number of ether oxygens (including phenoxy) is 1. The number of thioether (sulfide) groups is 2. The van der Waals surface area contributed by atoms with Gasteiger partial charge in [-0.2, -0.15) is 23.5 Å². The van der Waals surface area contributed by atoms with Gasteiger partial charge in [-0.05, 0) is 38.9 Å². The molecule has 2 atom stereocenters. The molecule has 0 radical (unpaired) electrons. The van der Waals surface area contributed by atoms with Crippen LogP contribution in [0.5, 0.6) is 0 Å². The second kappa shape index (κ2) is 5.09. The summed E-state index contributed by atoms with van der Waals surface area (Å²) in [7, 11) is 0. The van der Waals surface area contributed by atoms with Gasteiger partial charge in [0.05, 0.1) is 5.60 Å². The van der Waals surface area contributed by atoms with Crippen LogP contribution in [-0.4, -0.2) is 40.3 Å². The SMILES string of the molecule is CC(C)(N)CSC1CCOC2(CCSC2)C1. The van der Waals surface area contributed by atoms with Gasteiger partial charge >= 0.3 is 0 Å². The Balaban J connectivity index is 1.82. The van der Waals surface area contributed by atoms with Crippen LogP contribution in [0.4, 0.5) is 0 Å². The average Bonchev–Trinajstić information content (AvgIpc) is 2.63. The van der Waals surface area contributed by atoms with Crippen molar-refractivity contribution in [2.24, 2.45) is 5.73 Å². The normalized spacial score (nSPS) is 35.8. The molecular formula is C12H23NOS2. The van der Waals surface area contributed by atoms with Crippen LogP contribution in [0.3, 0.4) is 0 Å². The number of hydrogen-bond donors (Lipinski definition) is 1. The Morgan fingerprint density at radius 2 is 2.38 bits per heavy atom. The van der Waals surface area contributed by atoms with E-state index < -0.39 is 0 Å².